The smallest absolute Gasteiger partial charge is 0.303 e. The Labute approximate surface area is 139 Å². The minimum absolute atomic E-state index is 0.0838. The number of carbonyl (C=O) groups excluding carboxylic acids is 3. The van der Waals surface area contributed by atoms with Crippen molar-refractivity contribution in [1.82, 2.24) is 10.2 Å². The van der Waals surface area contributed by atoms with Crippen molar-refractivity contribution in [2.75, 3.05) is 6.54 Å². The van der Waals surface area contributed by atoms with Crippen LogP contribution in [0, 0.1) is 6.92 Å². The van der Waals surface area contributed by atoms with E-state index >= 15 is 0 Å². The Morgan fingerprint density at radius 2 is 1.79 bits per heavy atom. The van der Waals surface area contributed by atoms with E-state index in [0.717, 1.165) is 10.5 Å². The van der Waals surface area contributed by atoms with Crippen molar-refractivity contribution in [3.05, 3.63) is 34.9 Å². The van der Waals surface area contributed by atoms with E-state index in [1.54, 1.807) is 32.0 Å². The number of rotatable bonds is 6. The predicted molar refractivity (Wildman–Crippen MR) is 85.6 cm³/mol. The molecule has 3 amide bonds. The number of fused-ring (bicyclic) bond motifs is 1. The van der Waals surface area contributed by atoms with Crippen molar-refractivity contribution in [3.63, 3.8) is 0 Å². The van der Waals surface area contributed by atoms with E-state index in [1.165, 1.54) is 0 Å². The van der Waals surface area contributed by atoms with Crippen LogP contribution >= 0.6 is 0 Å². The molecule has 0 unspecified atom stereocenters. The van der Waals surface area contributed by atoms with Gasteiger partial charge in [-0.15, -0.1) is 0 Å². The molecule has 0 bridgehead atoms. The van der Waals surface area contributed by atoms with Crippen LogP contribution in [0.25, 0.3) is 0 Å². The highest BCUT2D eigenvalue weighted by atomic mass is 16.4. The average molecular weight is 332 g/mol. The minimum atomic E-state index is -0.951. The number of hydrogen-bond donors (Lipinski definition) is 2. The van der Waals surface area contributed by atoms with E-state index in [9.17, 15) is 19.2 Å². The van der Waals surface area contributed by atoms with Gasteiger partial charge in [-0.2, -0.15) is 0 Å². The molecule has 1 aromatic carbocycles. The second-order valence-corrected chi connectivity index (χ2v) is 6.57. The first-order valence-corrected chi connectivity index (χ1v) is 7.60. The van der Waals surface area contributed by atoms with Crippen molar-refractivity contribution < 1.29 is 24.3 Å². The Bertz CT molecular complexity index is 724. The third-order valence-electron chi connectivity index (χ3n) is 3.87. The zero-order valence-corrected chi connectivity index (χ0v) is 13.9. The molecule has 0 saturated heterocycles. The quantitative estimate of drug-likeness (QED) is 0.765. The van der Waals surface area contributed by atoms with Gasteiger partial charge in [-0.3, -0.25) is 24.1 Å². The van der Waals surface area contributed by atoms with Crippen LogP contribution in [-0.2, 0) is 9.59 Å². The van der Waals surface area contributed by atoms with Gasteiger partial charge in [0, 0.05) is 12.0 Å². The van der Waals surface area contributed by atoms with Crippen LogP contribution in [-0.4, -0.2) is 45.8 Å². The SMILES string of the molecule is Cc1ccc2c(c1)C(=O)N(CC(=O)NC(C)(C)CCC(=O)O)C2=O. The van der Waals surface area contributed by atoms with Gasteiger partial charge < -0.3 is 10.4 Å². The fourth-order valence-corrected chi connectivity index (χ4v) is 2.59. The number of imide groups is 1. The molecule has 24 heavy (non-hydrogen) atoms. The molecular weight excluding hydrogens is 312 g/mol. The second-order valence-electron chi connectivity index (χ2n) is 6.57. The molecule has 128 valence electrons. The van der Waals surface area contributed by atoms with E-state index in [1.807, 2.05) is 6.92 Å². The lowest BCUT2D eigenvalue weighted by Crippen LogP contribution is -2.49. The maximum absolute atomic E-state index is 12.3. The molecule has 2 rings (SSSR count). The lowest BCUT2D eigenvalue weighted by molar-refractivity contribution is -0.137. The van der Waals surface area contributed by atoms with E-state index in [4.69, 9.17) is 5.11 Å². The molecule has 0 fully saturated rings. The maximum Gasteiger partial charge on any atom is 0.303 e. The van der Waals surface area contributed by atoms with Crippen molar-refractivity contribution in [1.29, 1.82) is 0 Å². The largest absolute Gasteiger partial charge is 0.481 e. The number of carbonyl (C=O) groups is 4. The summed E-state index contributed by atoms with van der Waals surface area (Å²) in [5, 5.41) is 11.4. The topological polar surface area (TPSA) is 104 Å². The minimum Gasteiger partial charge on any atom is -0.481 e. The van der Waals surface area contributed by atoms with E-state index in [-0.39, 0.29) is 19.4 Å². The number of aliphatic carboxylic acids is 1. The Morgan fingerprint density at radius 1 is 1.17 bits per heavy atom. The zero-order chi connectivity index (χ0) is 18.1. The van der Waals surface area contributed by atoms with Crippen LogP contribution in [0.15, 0.2) is 18.2 Å². The third kappa shape index (κ3) is 3.79. The number of aryl methyl sites for hydroxylation is 1. The van der Waals surface area contributed by atoms with Gasteiger partial charge in [0.2, 0.25) is 5.91 Å². The number of benzene rings is 1. The van der Waals surface area contributed by atoms with Crippen molar-refractivity contribution in [2.45, 2.75) is 39.2 Å². The maximum atomic E-state index is 12.3. The number of nitrogens with zero attached hydrogens (tertiary/aromatic N) is 1. The van der Waals surface area contributed by atoms with Crippen LogP contribution in [0.1, 0.15) is 53.0 Å². The summed E-state index contributed by atoms with van der Waals surface area (Å²) in [4.78, 5) is 48.3. The fourth-order valence-electron chi connectivity index (χ4n) is 2.59. The number of carboxylic acids is 1. The van der Waals surface area contributed by atoms with Gasteiger partial charge in [0.25, 0.3) is 11.8 Å². The molecule has 7 heteroatoms. The summed E-state index contributed by atoms with van der Waals surface area (Å²) in [5.74, 6) is -2.43. The molecule has 0 spiro atoms. The molecule has 0 radical (unpaired) electrons. The molecule has 0 aromatic heterocycles. The van der Waals surface area contributed by atoms with Gasteiger partial charge in [-0.05, 0) is 39.3 Å². The number of hydrogen-bond acceptors (Lipinski definition) is 4. The van der Waals surface area contributed by atoms with Crippen molar-refractivity contribution in [3.8, 4) is 0 Å². The first kappa shape index (κ1) is 17.7. The number of amides is 3. The number of nitrogens with one attached hydrogen (secondary N) is 1. The van der Waals surface area contributed by atoms with Gasteiger partial charge in [0.05, 0.1) is 11.1 Å². The van der Waals surface area contributed by atoms with Crippen LogP contribution < -0.4 is 5.32 Å². The predicted octanol–water partition coefficient (Wildman–Crippen LogP) is 1.35. The van der Waals surface area contributed by atoms with Gasteiger partial charge in [-0.25, -0.2) is 0 Å². The molecule has 1 aliphatic rings. The van der Waals surface area contributed by atoms with E-state index in [2.05, 4.69) is 5.32 Å². The normalized spacial score (nSPS) is 13.9. The summed E-state index contributed by atoms with van der Waals surface area (Å²) >= 11 is 0. The Hall–Kier alpha value is -2.70. The Balaban J connectivity index is 2.04. The summed E-state index contributed by atoms with van der Waals surface area (Å²) in [6, 6.07) is 4.95. The van der Waals surface area contributed by atoms with E-state index in [0.29, 0.717) is 11.1 Å². The van der Waals surface area contributed by atoms with E-state index < -0.39 is 29.2 Å². The molecule has 0 saturated carbocycles. The summed E-state index contributed by atoms with van der Waals surface area (Å²) in [5.41, 5.74) is 0.711. The molecule has 1 heterocycles. The summed E-state index contributed by atoms with van der Waals surface area (Å²) in [7, 11) is 0. The van der Waals surface area contributed by atoms with Crippen LogP contribution in [0.4, 0.5) is 0 Å². The van der Waals surface area contributed by atoms with Gasteiger partial charge in [-0.1, -0.05) is 11.6 Å². The molecular formula is C17H20N2O5. The Morgan fingerprint density at radius 3 is 2.42 bits per heavy atom. The van der Waals surface area contributed by atoms with Crippen molar-refractivity contribution >= 4 is 23.7 Å². The van der Waals surface area contributed by atoms with Crippen LogP contribution in [0.5, 0.6) is 0 Å². The molecule has 7 nitrogen and oxygen atoms in total. The zero-order valence-electron chi connectivity index (χ0n) is 13.9. The number of carboxylic acid groups (broad SMARTS) is 1. The lowest BCUT2D eigenvalue weighted by atomic mass is 9.98. The van der Waals surface area contributed by atoms with Crippen LogP contribution in [0.3, 0.4) is 0 Å². The van der Waals surface area contributed by atoms with Gasteiger partial charge in [0.15, 0.2) is 0 Å². The first-order chi connectivity index (χ1) is 11.1. The highest BCUT2D eigenvalue weighted by Gasteiger charge is 2.37. The molecule has 0 atom stereocenters. The second kappa shape index (κ2) is 6.43. The van der Waals surface area contributed by atoms with Gasteiger partial charge >= 0.3 is 5.97 Å². The monoisotopic (exact) mass is 332 g/mol. The highest BCUT2D eigenvalue weighted by Crippen LogP contribution is 2.23. The Kier molecular flexibility index (Phi) is 4.73. The summed E-state index contributed by atoms with van der Waals surface area (Å²) < 4.78 is 0. The van der Waals surface area contributed by atoms with Gasteiger partial charge in [0.1, 0.15) is 6.54 Å². The molecule has 1 aliphatic heterocycles. The molecule has 2 N–H and O–H groups in total. The summed E-state index contributed by atoms with van der Waals surface area (Å²) in [6.45, 7) is 4.82. The highest BCUT2D eigenvalue weighted by molar-refractivity contribution is 6.22. The van der Waals surface area contributed by atoms with Crippen molar-refractivity contribution in [2.24, 2.45) is 0 Å². The van der Waals surface area contributed by atoms with Crippen LogP contribution in [0.2, 0.25) is 0 Å². The average Bonchev–Trinajstić information content (AvgIpc) is 2.69. The molecule has 1 aromatic rings. The fraction of sp³-hybridized carbons (Fsp3) is 0.412. The first-order valence-electron chi connectivity index (χ1n) is 7.60. The molecule has 0 aliphatic carbocycles. The summed E-state index contributed by atoms with van der Waals surface area (Å²) in [6.07, 6.45) is 0.162. The lowest BCUT2D eigenvalue weighted by Gasteiger charge is -2.26. The standard InChI is InChI=1S/C17H20N2O5/c1-10-4-5-11-12(8-10)16(24)19(15(11)23)9-13(20)18-17(2,3)7-6-14(21)22/h4-5,8H,6-7,9H2,1-3H3,(H,18,20)(H,21,22). The third-order valence-corrected chi connectivity index (χ3v) is 3.87.